The topological polar surface area (TPSA) is 46.5 Å². The highest BCUT2D eigenvalue weighted by Gasteiger charge is 1.98. The molecule has 4 heteroatoms. The standard InChI is InChI=1S/C11H11FO3/c1-2-15-11(14)4-3-8-5-9(12)7-10(13)6-8/h3-7,13H,2H2,1H3/b4-3+. The van der Waals surface area contributed by atoms with Crippen molar-refractivity contribution in [1.82, 2.24) is 0 Å². The summed E-state index contributed by atoms with van der Waals surface area (Å²) in [5.74, 6) is -1.24. The van der Waals surface area contributed by atoms with Gasteiger partial charge in [-0.3, -0.25) is 0 Å². The Kier molecular flexibility index (Phi) is 3.85. The first-order valence-electron chi connectivity index (χ1n) is 4.46. The molecule has 1 rings (SSSR count). The van der Waals surface area contributed by atoms with Gasteiger partial charge in [0.1, 0.15) is 11.6 Å². The quantitative estimate of drug-likeness (QED) is 0.614. The van der Waals surface area contributed by atoms with Gasteiger partial charge in [-0.2, -0.15) is 0 Å². The van der Waals surface area contributed by atoms with E-state index in [9.17, 15) is 9.18 Å². The van der Waals surface area contributed by atoms with Crippen molar-refractivity contribution >= 4 is 12.0 Å². The number of benzene rings is 1. The minimum atomic E-state index is -0.557. The van der Waals surface area contributed by atoms with E-state index in [1.807, 2.05) is 0 Å². The molecule has 0 fully saturated rings. The maximum absolute atomic E-state index is 12.8. The van der Waals surface area contributed by atoms with E-state index in [0.29, 0.717) is 5.56 Å². The largest absolute Gasteiger partial charge is 0.508 e. The van der Waals surface area contributed by atoms with Crippen LogP contribution in [0.25, 0.3) is 6.08 Å². The molecule has 1 aromatic rings. The maximum Gasteiger partial charge on any atom is 0.330 e. The van der Waals surface area contributed by atoms with Crippen LogP contribution in [0, 0.1) is 5.82 Å². The van der Waals surface area contributed by atoms with Crippen molar-refractivity contribution in [2.75, 3.05) is 6.61 Å². The van der Waals surface area contributed by atoms with Gasteiger partial charge in [-0.05, 0) is 30.7 Å². The molecule has 3 nitrogen and oxygen atoms in total. The number of phenolic OH excluding ortho intramolecular Hbond substituents is 1. The fraction of sp³-hybridized carbons (Fsp3) is 0.182. The third-order valence-corrected chi connectivity index (χ3v) is 1.60. The molecular weight excluding hydrogens is 199 g/mol. The van der Waals surface area contributed by atoms with Crippen molar-refractivity contribution in [2.45, 2.75) is 6.92 Å². The molecule has 80 valence electrons. The lowest BCUT2D eigenvalue weighted by atomic mass is 10.2. The van der Waals surface area contributed by atoms with Gasteiger partial charge in [-0.25, -0.2) is 9.18 Å². The van der Waals surface area contributed by atoms with Crippen molar-refractivity contribution < 1.29 is 19.0 Å². The summed E-state index contributed by atoms with van der Waals surface area (Å²) >= 11 is 0. The number of carbonyl (C=O) groups is 1. The second-order valence-electron chi connectivity index (χ2n) is 2.83. The number of carbonyl (C=O) groups excluding carboxylic acids is 1. The van der Waals surface area contributed by atoms with Gasteiger partial charge < -0.3 is 9.84 Å². The number of hydrogen-bond donors (Lipinski definition) is 1. The van der Waals surface area contributed by atoms with Crippen LogP contribution in [0.1, 0.15) is 12.5 Å². The minimum Gasteiger partial charge on any atom is -0.508 e. The molecule has 0 aliphatic rings. The van der Waals surface area contributed by atoms with Crippen molar-refractivity contribution in [3.63, 3.8) is 0 Å². The molecule has 0 aromatic heterocycles. The van der Waals surface area contributed by atoms with Crippen molar-refractivity contribution in [3.05, 3.63) is 35.7 Å². The summed E-state index contributed by atoms with van der Waals surface area (Å²) < 4.78 is 17.4. The van der Waals surface area contributed by atoms with Crippen molar-refractivity contribution in [1.29, 1.82) is 0 Å². The van der Waals surface area contributed by atoms with Crippen LogP contribution in [0.15, 0.2) is 24.3 Å². The number of ether oxygens (including phenoxy) is 1. The third-order valence-electron chi connectivity index (χ3n) is 1.60. The van der Waals surface area contributed by atoms with Crippen LogP contribution in [0.3, 0.4) is 0 Å². The van der Waals surface area contributed by atoms with E-state index in [2.05, 4.69) is 4.74 Å². The number of phenols is 1. The molecule has 0 saturated carbocycles. The molecule has 0 amide bonds. The summed E-state index contributed by atoms with van der Waals surface area (Å²) in [5, 5.41) is 9.07. The monoisotopic (exact) mass is 210 g/mol. The van der Waals surface area contributed by atoms with E-state index in [1.54, 1.807) is 6.92 Å². The van der Waals surface area contributed by atoms with Crippen LogP contribution >= 0.6 is 0 Å². The highest BCUT2D eigenvalue weighted by atomic mass is 19.1. The fourth-order valence-electron chi connectivity index (χ4n) is 1.05. The molecule has 0 unspecified atom stereocenters. The Bertz CT molecular complexity index is 365. The highest BCUT2D eigenvalue weighted by molar-refractivity contribution is 5.87. The zero-order valence-corrected chi connectivity index (χ0v) is 8.24. The summed E-state index contributed by atoms with van der Waals surface area (Å²) in [6.45, 7) is 1.98. The summed E-state index contributed by atoms with van der Waals surface area (Å²) in [6.07, 6.45) is 2.55. The Balaban J connectivity index is 2.76. The molecule has 0 atom stereocenters. The van der Waals surface area contributed by atoms with Gasteiger partial charge >= 0.3 is 5.97 Å². The molecule has 0 spiro atoms. The first-order valence-corrected chi connectivity index (χ1v) is 4.46. The molecule has 0 radical (unpaired) electrons. The Morgan fingerprint density at radius 2 is 2.27 bits per heavy atom. The lowest BCUT2D eigenvalue weighted by Crippen LogP contribution is -1.98. The molecule has 15 heavy (non-hydrogen) atoms. The molecule has 0 aliphatic heterocycles. The van der Waals surface area contributed by atoms with Crippen molar-refractivity contribution in [3.8, 4) is 5.75 Å². The van der Waals surface area contributed by atoms with Crippen LogP contribution in [0.5, 0.6) is 5.75 Å². The van der Waals surface area contributed by atoms with Crippen LogP contribution in [0.2, 0.25) is 0 Å². The zero-order chi connectivity index (χ0) is 11.3. The summed E-state index contributed by atoms with van der Waals surface area (Å²) in [7, 11) is 0. The second kappa shape index (κ2) is 5.14. The van der Waals surface area contributed by atoms with Crippen LogP contribution in [-0.4, -0.2) is 17.7 Å². The molecule has 1 aromatic carbocycles. The highest BCUT2D eigenvalue weighted by Crippen LogP contribution is 2.15. The maximum atomic E-state index is 12.8. The number of halogens is 1. The third kappa shape index (κ3) is 3.81. The number of esters is 1. The van der Waals surface area contributed by atoms with Gasteiger partial charge in [0.05, 0.1) is 6.61 Å². The summed E-state index contributed by atoms with van der Waals surface area (Å²) in [4.78, 5) is 10.9. The number of hydrogen-bond acceptors (Lipinski definition) is 3. The molecule has 0 bridgehead atoms. The van der Waals surface area contributed by atoms with Crippen LogP contribution in [0.4, 0.5) is 4.39 Å². The van der Waals surface area contributed by atoms with Crippen molar-refractivity contribution in [2.24, 2.45) is 0 Å². The molecule has 0 heterocycles. The second-order valence-corrected chi connectivity index (χ2v) is 2.83. The number of aromatic hydroxyl groups is 1. The zero-order valence-electron chi connectivity index (χ0n) is 8.24. The Hall–Kier alpha value is -1.84. The van der Waals surface area contributed by atoms with Crippen LogP contribution in [-0.2, 0) is 9.53 Å². The lowest BCUT2D eigenvalue weighted by Gasteiger charge is -1.97. The lowest BCUT2D eigenvalue weighted by molar-refractivity contribution is -0.137. The van der Waals surface area contributed by atoms with Gasteiger partial charge in [-0.1, -0.05) is 0 Å². The van der Waals surface area contributed by atoms with Gasteiger partial charge in [-0.15, -0.1) is 0 Å². The SMILES string of the molecule is CCOC(=O)/C=C/c1cc(O)cc(F)c1. The van der Waals surface area contributed by atoms with Gasteiger partial charge in [0.25, 0.3) is 0 Å². The molecule has 0 saturated heterocycles. The van der Waals surface area contributed by atoms with E-state index < -0.39 is 11.8 Å². The van der Waals surface area contributed by atoms with Gasteiger partial charge in [0.15, 0.2) is 0 Å². The smallest absolute Gasteiger partial charge is 0.330 e. The van der Waals surface area contributed by atoms with E-state index in [4.69, 9.17) is 5.11 Å². The summed E-state index contributed by atoms with van der Waals surface area (Å²) in [6, 6.07) is 3.54. The first kappa shape index (κ1) is 11.2. The van der Waals surface area contributed by atoms with E-state index in [0.717, 1.165) is 6.07 Å². The molecule has 1 N–H and O–H groups in total. The average molecular weight is 210 g/mol. The van der Waals surface area contributed by atoms with Gasteiger partial charge in [0, 0.05) is 12.1 Å². The molecule has 0 aliphatic carbocycles. The minimum absolute atomic E-state index is 0.182. The normalized spacial score (nSPS) is 10.5. The fourth-order valence-corrected chi connectivity index (χ4v) is 1.05. The predicted octanol–water partition coefficient (Wildman–Crippen LogP) is 2.11. The van der Waals surface area contributed by atoms with E-state index >= 15 is 0 Å². The van der Waals surface area contributed by atoms with E-state index in [-0.39, 0.29) is 12.4 Å². The number of rotatable bonds is 3. The predicted molar refractivity (Wildman–Crippen MR) is 53.7 cm³/mol. The average Bonchev–Trinajstić information content (AvgIpc) is 2.14. The Labute approximate surface area is 86.8 Å². The van der Waals surface area contributed by atoms with E-state index in [1.165, 1.54) is 24.3 Å². The Morgan fingerprint density at radius 1 is 1.53 bits per heavy atom. The Morgan fingerprint density at radius 3 is 2.87 bits per heavy atom. The van der Waals surface area contributed by atoms with Gasteiger partial charge in [0.2, 0.25) is 0 Å². The molecular formula is C11H11FO3. The first-order chi connectivity index (χ1) is 7.11. The van der Waals surface area contributed by atoms with Crippen LogP contribution < -0.4 is 0 Å². The summed E-state index contributed by atoms with van der Waals surface area (Å²) in [5.41, 5.74) is 0.403.